The Morgan fingerprint density at radius 1 is 1.29 bits per heavy atom. The third-order valence-electron chi connectivity index (χ3n) is 4.26. The fourth-order valence-corrected chi connectivity index (χ4v) is 3.17. The van der Waals surface area contributed by atoms with Gasteiger partial charge in [0, 0.05) is 36.5 Å². The molecule has 4 nitrogen and oxygen atoms in total. The first-order valence-corrected chi connectivity index (χ1v) is 7.82. The Morgan fingerprint density at radius 2 is 2.05 bits per heavy atom. The molecule has 2 aromatic rings. The van der Waals surface area contributed by atoms with Crippen molar-refractivity contribution >= 4 is 11.6 Å². The van der Waals surface area contributed by atoms with Crippen LogP contribution in [0, 0.1) is 0 Å². The Bertz CT molecular complexity index is 593. The molecule has 0 amide bonds. The van der Waals surface area contributed by atoms with Crippen LogP contribution in [-0.4, -0.2) is 27.0 Å². The molecule has 1 aromatic carbocycles. The minimum atomic E-state index is 0.104. The lowest BCUT2D eigenvalue weighted by atomic mass is 9.96. The third-order valence-corrected chi connectivity index (χ3v) is 4.51. The maximum atomic E-state index is 6.41. The molecule has 21 heavy (non-hydrogen) atoms. The van der Waals surface area contributed by atoms with Gasteiger partial charge in [0.05, 0.1) is 12.6 Å². The van der Waals surface area contributed by atoms with Crippen LogP contribution >= 0.6 is 11.6 Å². The van der Waals surface area contributed by atoms with Crippen molar-refractivity contribution in [1.29, 1.82) is 0 Å². The minimum Gasteiger partial charge on any atom is -0.333 e. The van der Waals surface area contributed by atoms with Gasteiger partial charge in [-0.05, 0) is 24.1 Å². The zero-order valence-corrected chi connectivity index (χ0v) is 13.0. The van der Waals surface area contributed by atoms with Crippen LogP contribution in [0.1, 0.15) is 30.8 Å². The van der Waals surface area contributed by atoms with Gasteiger partial charge in [-0.2, -0.15) is 0 Å². The lowest BCUT2D eigenvalue weighted by Crippen LogP contribution is -2.44. The fourth-order valence-electron chi connectivity index (χ4n) is 3.04. The summed E-state index contributed by atoms with van der Waals surface area (Å²) in [6.45, 7) is 4.94. The zero-order valence-electron chi connectivity index (χ0n) is 12.2. The molecule has 0 saturated heterocycles. The van der Waals surface area contributed by atoms with Crippen LogP contribution in [-0.2, 0) is 13.1 Å². The van der Waals surface area contributed by atoms with Gasteiger partial charge in [-0.25, -0.2) is 4.98 Å². The van der Waals surface area contributed by atoms with Crippen molar-refractivity contribution in [3.63, 3.8) is 0 Å². The van der Waals surface area contributed by atoms with Crippen molar-refractivity contribution < 1.29 is 0 Å². The van der Waals surface area contributed by atoms with E-state index in [1.165, 1.54) is 5.56 Å². The Morgan fingerprint density at radius 3 is 2.76 bits per heavy atom. The highest BCUT2D eigenvalue weighted by molar-refractivity contribution is 6.30. The number of imidazole rings is 1. The van der Waals surface area contributed by atoms with E-state index in [9.17, 15) is 0 Å². The van der Waals surface area contributed by atoms with Crippen molar-refractivity contribution in [2.24, 2.45) is 5.73 Å². The maximum Gasteiger partial charge on any atom is 0.122 e. The second-order valence-corrected chi connectivity index (χ2v) is 6.01. The van der Waals surface area contributed by atoms with Gasteiger partial charge in [0.15, 0.2) is 0 Å². The molecule has 3 rings (SSSR count). The summed E-state index contributed by atoms with van der Waals surface area (Å²) in [4.78, 5) is 6.87. The number of halogens is 1. The van der Waals surface area contributed by atoms with Crippen molar-refractivity contribution in [3.8, 4) is 0 Å². The highest BCUT2D eigenvalue weighted by Gasteiger charge is 2.29. The van der Waals surface area contributed by atoms with Gasteiger partial charge in [0.1, 0.15) is 5.82 Å². The van der Waals surface area contributed by atoms with Gasteiger partial charge in [0.25, 0.3) is 0 Å². The standard InChI is InChI=1S/C16H21ClN4/c1-2-14(18)16(12-3-5-13(17)6-4-12)21-10-9-20-8-7-19-15(20)11-21/h3-8,14,16H,2,9-11,18H2,1H3. The average Bonchev–Trinajstić information content (AvgIpc) is 2.97. The summed E-state index contributed by atoms with van der Waals surface area (Å²) in [5.74, 6) is 1.11. The van der Waals surface area contributed by atoms with E-state index in [2.05, 4.69) is 33.5 Å². The molecule has 0 spiro atoms. The van der Waals surface area contributed by atoms with Crippen LogP contribution in [0.4, 0.5) is 0 Å². The van der Waals surface area contributed by atoms with E-state index in [-0.39, 0.29) is 12.1 Å². The van der Waals surface area contributed by atoms with E-state index in [0.29, 0.717) is 0 Å². The van der Waals surface area contributed by atoms with Gasteiger partial charge in [-0.1, -0.05) is 30.7 Å². The van der Waals surface area contributed by atoms with Crippen LogP contribution < -0.4 is 5.73 Å². The smallest absolute Gasteiger partial charge is 0.122 e. The number of fused-ring (bicyclic) bond motifs is 1. The molecule has 0 radical (unpaired) electrons. The van der Waals surface area contributed by atoms with E-state index in [0.717, 1.165) is 36.9 Å². The minimum absolute atomic E-state index is 0.104. The molecule has 0 bridgehead atoms. The zero-order chi connectivity index (χ0) is 14.8. The van der Waals surface area contributed by atoms with Crippen LogP contribution in [0.2, 0.25) is 5.02 Å². The van der Waals surface area contributed by atoms with Gasteiger partial charge < -0.3 is 10.3 Å². The number of aromatic nitrogens is 2. The molecule has 0 fully saturated rings. The lowest BCUT2D eigenvalue weighted by Gasteiger charge is -2.38. The van der Waals surface area contributed by atoms with Gasteiger partial charge in [-0.15, -0.1) is 0 Å². The summed E-state index contributed by atoms with van der Waals surface area (Å²) in [6, 6.07) is 8.37. The number of benzene rings is 1. The summed E-state index contributed by atoms with van der Waals surface area (Å²) < 4.78 is 2.22. The van der Waals surface area contributed by atoms with Crippen molar-refractivity contribution in [2.45, 2.75) is 38.5 Å². The third kappa shape index (κ3) is 2.98. The van der Waals surface area contributed by atoms with Crippen LogP contribution in [0.5, 0.6) is 0 Å². The second-order valence-electron chi connectivity index (χ2n) is 5.58. The van der Waals surface area contributed by atoms with Crippen molar-refractivity contribution in [2.75, 3.05) is 6.54 Å². The van der Waals surface area contributed by atoms with E-state index < -0.39 is 0 Å². The summed E-state index contributed by atoms with van der Waals surface area (Å²) >= 11 is 6.01. The molecule has 2 heterocycles. The summed E-state index contributed by atoms with van der Waals surface area (Å²) in [5.41, 5.74) is 7.64. The molecule has 0 saturated carbocycles. The number of nitrogens with two attached hydrogens (primary N) is 1. The highest BCUT2D eigenvalue weighted by Crippen LogP contribution is 2.29. The number of nitrogens with zero attached hydrogens (tertiary/aromatic N) is 3. The first kappa shape index (κ1) is 14.6. The monoisotopic (exact) mass is 304 g/mol. The largest absolute Gasteiger partial charge is 0.333 e. The number of rotatable bonds is 4. The summed E-state index contributed by atoms with van der Waals surface area (Å²) in [6.07, 6.45) is 4.86. The van der Waals surface area contributed by atoms with Crippen molar-refractivity contribution in [1.82, 2.24) is 14.5 Å². The van der Waals surface area contributed by atoms with Gasteiger partial charge >= 0.3 is 0 Å². The Labute approximate surface area is 130 Å². The molecule has 2 atom stereocenters. The molecule has 1 aliphatic rings. The Kier molecular flexibility index (Phi) is 4.29. The lowest BCUT2D eigenvalue weighted by molar-refractivity contribution is 0.130. The molecule has 0 aliphatic carbocycles. The van der Waals surface area contributed by atoms with Crippen LogP contribution in [0.25, 0.3) is 0 Å². The van der Waals surface area contributed by atoms with Crippen molar-refractivity contribution in [3.05, 3.63) is 53.1 Å². The molecule has 112 valence electrons. The second kappa shape index (κ2) is 6.18. The van der Waals surface area contributed by atoms with E-state index in [4.69, 9.17) is 17.3 Å². The molecule has 2 N–H and O–H groups in total. The molecule has 1 aromatic heterocycles. The summed E-state index contributed by atoms with van der Waals surface area (Å²) in [7, 11) is 0. The summed E-state index contributed by atoms with van der Waals surface area (Å²) in [5, 5.41) is 0.761. The number of hydrogen-bond acceptors (Lipinski definition) is 3. The van der Waals surface area contributed by atoms with E-state index in [1.807, 2.05) is 24.5 Å². The Hall–Kier alpha value is -1.36. The van der Waals surface area contributed by atoms with Gasteiger partial charge in [-0.3, -0.25) is 4.90 Å². The van der Waals surface area contributed by atoms with E-state index >= 15 is 0 Å². The van der Waals surface area contributed by atoms with E-state index in [1.54, 1.807) is 0 Å². The highest BCUT2D eigenvalue weighted by atomic mass is 35.5. The van der Waals surface area contributed by atoms with Crippen LogP contribution in [0.15, 0.2) is 36.7 Å². The molecular formula is C16H21ClN4. The predicted molar refractivity (Wildman–Crippen MR) is 85.1 cm³/mol. The fraction of sp³-hybridized carbons (Fsp3) is 0.438. The molecule has 5 heteroatoms. The van der Waals surface area contributed by atoms with Crippen LogP contribution in [0.3, 0.4) is 0 Å². The molecule has 2 unspecified atom stereocenters. The van der Waals surface area contributed by atoms with Gasteiger partial charge in [0.2, 0.25) is 0 Å². The normalized spacial score (nSPS) is 18.2. The average molecular weight is 305 g/mol. The predicted octanol–water partition coefficient (Wildman–Crippen LogP) is 2.83. The first-order valence-electron chi connectivity index (χ1n) is 7.44. The topological polar surface area (TPSA) is 47.1 Å². The quantitative estimate of drug-likeness (QED) is 0.945. The first-order chi connectivity index (χ1) is 10.2. The molecule has 1 aliphatic heterocycles. The molecular weight excluding hydrogens is 284 g/mol. The Balaban J connectivity index is 1.88. The maximum absolute atomic E-state index is 6.41. The SMILES string of the molecule is CCC(N)C(c1ccc(Cl)cc1)N1CCn2ccnc2C1. The number of hydrogen-bond donors (Lipinski definition) is 1.